The maximum absolute atomic E-state index is 12.3. The fraction of sp³-hybridized carbons (Fsp3) is 0.619. The molecule has 1 amide bonds. The second-order valence-electron chi connectivity index (χ2n) is 7.35. The lowest BCUT2D eigenvalue weighted by atomic mass is 10.1. The van der Waals surface area contributed by atoms with E-state index in [1.807, 2.05) is 32.0 Å². The molecule has 8 heteroatoms. The number of halogens is 1. The number of carbonyl (C=O) groups is 1. The van der Waals surface area contributed by atoms with Crippen LogP contribution in [-0.4, -0.2) is 68.4 Å². The maximum Gasteiger partial charge on any atom is 0.226 e. The number of benzene rings is 1. The number of hydrogen-bond acceptors (Lipinski definition) is 4. The zero-order valence-corrected chi connectivity index (χ0v) is 18.0. The van der Waals surface area contributed by atoms with Gasteiger partial charge in [0.1, 0.15) is 6.10 Å². The van der Waals surface area contributed by atoms with Crippen LogP contribution in [0.2, 0.25) is 5.02 Å². The number of amides is 1. The molecule has 2 fully saturated rings. The van der Waals surface area contributed by atoms with Crippen LogP contribution in [0.15, 0.2) is 23.2 Å². The minimum Gasteiger partial charge on any atom is -0.375 e. The van der Waals surface area contributed by atoms with Crippen LogP contribution in [0, 0.1) is 6.92 Å². The van der Waals surface area contributed by atoms with Crippen molar-refractivity contribution in [3.8, 4) is 0 Å². The molecule has 2 aliphatic rings. The molecule has 7 nitrogen and oxygen atoms in total. The Hall–Kier alpha value is -1.83. The highest BCUT2D eigenvalue weighted by atomic mass is 35.5. The summed E-state index contributed by atoms with van der Waals surface area (Å²) < 4.78 is 11.7. The first kappa shape index (κ1) is 21.9. The second kappa shape index (κ2) is 10.8. The number of carbonyl (C=O) groups excluding carboxylic acids is 1. The minimum atomic E-state index is -0.0748. The van der Waals surface area contributed by atoms with Crippen LogP contribution < -0.4 is 10.6 Å². The van der Waals surface area contributed by atoms with Gasteiger partial charge in [-0.2, -0.15) is 0 Å². The molecular weight excluding hydrogens is 392 g/mol. The molecule has 29 heavy (non-hydrogen) atoms. The lowest BCUT2D eigenvalue weighted by Crippen LogP contribution is -2.53. The first-order valence-electron chi connectivity index (χ1n) is 10.4. The van der Waals surface area contributed by atoms with E-state index in [0.717, 1.165) is 56.3 Å². The summed E-state index contributed by atoms with van der Waals surface area (Å²) in [5, 5.41) is 6.89. The van der Waals surface area contributed by atoms with Crippen molar-refractivity contribution in [2.24, 2.45) is 4.99 Å². The van der Waals surface area contributed by atoms with Crippen molar-refractivity contribution in [1.29, 1.82) is 0 Å². The molecule has 2 atom stereocenters. The quantitative estimate of drug-likeness (QED) is 0.544. The third-order valence-electron chi connectivity index (χ3n) is 5.25. The van der Waals surface area contributed by atoms with Gasteiger partial charge in [0.05, 0.1) is 19.3 Å². The Morgan fingerprint density at radius 3 is 2.90 bits per heavy atom. The third kappa shape index (κ3) is 6.07. The normalized spacial score (nSPS) is 22.6. The SMILES string of the molecule is CCNC(=NCCC(=O)Nc1cccc(Cl)c1C)N1CCOC(C2CCCO2)C1. The van der Waals surface area contributed by atoms with Crippen LogP contribution in [-0.2, 0) is 14.3 Å². The first-order chi connectivity index (χ1) is 14.1. The van der Waals surface area contributed by atoms with Crippen molar-refractivity contribution in [2.45, 2.75) is 45.3 Å². The van der Waals surface area contributed by atoms with Crippen molar-refractivity contribution < 1.29 is 14.3 Å². The molecule has 2 saturated heterocycles. The molecule has 160 valence electrons. The Morgan fingerprint density at radius 1 is 1.31 bits per heavy atom. The summed E-state index contributed by atoms with van der Waals surface area (Å²) in [6.07, 6.45) is 2.70. The number of guanidine groups is 1. The van der Waals surface area contributed by atoms with E-state index in [2.05, 4.69) is 20.5 Å². The fourth-order valence-electron chi connectivity index (χ4n) is 3.63. The van der Waals surface area contributed by atoms with E-state index < -0.39 is 0 Å². The van der Waals surface area contributed by atoms with E-state index in [-0.39, 0.29) is 18.1 Å². The summed E-state index contributed by atoms with van der Waals surface area (Å²) in [7, 11) is 0. The minimum absolute atomic E-state index is 0.0733. The molecular formula is C21H31ClN4O3. The Balaban J connectivity index is 1.54. The Labute approximate surface area is 177 Å². The molecule has 2 heterocycles. The van der Waals surface area contributed by atoms with Gasteiger partial charge in [0.15, 0.2) is 5.96 Å². The van der Waals surface area contributed by atoms with Gasteiger partial charge in [-0.25, -0.2) is 0 Å². The molecule has 0 saturated carbocycles. The third-order valence-corrected chi connectivity index (χ3v) is 5.66. The van der Waals surface area contributed by atoms with Crippen molar-refractivity contribution >= 4 is 29.2 Å². The van der Waals surface area contributed by atoms with E-state index in [0.29, 0.717) is 24.6 Å². The monoisotopic (exact) mass is 422 g/mol. The predicted octanol–water partition coefficient (Wildman–Crippen LogP) is 2.82. The molecule has 0 aromatic heterocycles. The zero-order valence-electron chi connectivity index (χ0n) is 17.2. The predicted molar refractivity (Wildman–Crippen MR) is 116 cm³/mol. The molecule has 0 bridgehead atoms. The van der Waals surface area contributed by atoms with E-state index >= 15 is 0 Å². The molecule has 1 aromatic rings. The second-order valence-corrected chi connectivity index (χ2v) is 7.76. The van der Waals surface area contributed by atoms with Gasteiger partial charge in [-0.05, 0) is 44.4 Å². The Kier molecular flexibility index (Phi) is 8.15. The van der Waals surface area contributed by atoms with Gasteiger partial charge in [0.2, 0.25) is 5.91 Å². The Bertz CT molecular complexity index is 722. The summed E-state index contributed by atoms with van der Waals surface area (Å²) in [6.45, 7) is 8.13. The van der Waals surface area contributed by atoms with Crippen molar-refractivity contribution in [2.75, 3.05) is 44.7 Å². The molecule has 0 aliphatic carbocycles. The maximum atomic E-state index is 12.3. The molecule has 1 aromatic carbocycles. The van der Waals surface area contributed by atoms with Crippen LogP contribution in [0.25, 0.3) is 0 Å². The highest BCUT2D eigenvalue weighted by Gasteiger charge is 2.32. The number of aliphatic imine (C=N–C) groups is 1. The van der Waals surface area contributed by atoms with Gasteiger partial charge in [0, 0.05) is 43.4 Å². The van der Waals surface area contributed by atoms with E-state index in [9.17, 15) is 4.79 Å². The van der Waals surface area contributed by atoms with Crippen LogP contribution in [0.4, 0.5) is 5.69 Å². The van der Waals surface area contributed by atoms with Gasteiger partial charge < -0.3 is 25.0 Å². The topological polar surface area (TPSA) is 75.2 Å². The number of anilines is 1. The largest absolute Gasteiger partial charge is 0.375 e. The highest BCUT2D eigenvalue weighted by molar-refractivity contribution is 6.31. The lowest BCUT2D eigenvalue weighted by Gasteiger charge is -2.37. The smallest absolute Gasteiger partial charge is 0.226 e. The van der Waals surface area contributed by atoms with Crippen LogP contribution >= 0.6 is 11.6 Å². The van der Waals surface area contributed by atoms with Crippen LogP contribution in [0.1, 0.15) is 31.7 Å². The van der Waals surface area contributed by atoms with E-state index in [1.54, 1.807) is 0 Å². The standard InChI is InChI=1S/C21H31ClN4O3/c1-3-23-21(26-11-13-29-19(14-26)18-8-5-12-28-18)24-10-9-20(27)25-17-7-4-6-16(22)15(17)2/h4,6-7,18-19H,3,5,8-14H2,1-2H3,(H,23,24)(H,25,27). The lowest BCUT2D eigenvalue weighted by molar-refractivity contribution is -0.116. The van der Waals surface area contributed by atoms with E-state index in [4.69, 9.17) is 21.1 Å². The first-order valence-corrected chi connectivity index (χ1v) is 10.8. The number of hydrogen-bond donors (Lipinski definition) is 2. The molecule has 0 radical (unpaired) electrons. The van der Waals surface area contributed by atoms with Crippen molar-refractivity contribution in [3.63, 3.8) is 0 Å². The molecule has 0 spiro atoms. The summed E-state index contributed by atoms with van der Waals surface area (Å²) in [5.74, 6) is 0.750. The average molecular weight is 423 g/mol. The van der Waals surface area contributed by atoms with Gasteiger partial charge >= 0.3 is 0 Å². The van der Waals surface area contributed by atoms with Crippen LogP contribution in [0.5, 0.6) is 0 Å². The molecule has 2 N–H and O–H groups in total. The van der Waals surface area contributed by atoms with E-state index in [1.165, 1.54) is 0 Å². The van der Waals surface area contributed by atoms with Crippen molar-refractivity contribution in [3.05, 3.63) is 28.8 Å². The van der Waals surface area contributed by atoms with Gasteiger partial charge in [-0.1, -0.05) is 17.7 Å². The Morgan fingerprint density at radius 2 is 2.14 bits per heavy atom. The summed E-state index contributed by atoms with van der Waals surface area (Å²) in [6, 6.07) is 5.49. The highest BCUT2D eigenvalue weighted by Crippen LogP contribution is 2.23. The number of ether oxygens (including phenoxy) is 2. The molecule has 3 rings (SSSR count). The summed E-state index contributed by atoms with van der Waals surface area (Å²) in [5.41, 5.74) is 1.61. The molecule has 2 unspecified atom stereocenters. The average Bonchev–Trinajstić information content (AvgIpc) is 3.26. The van der Waals surface area contributed by atoms with Gasteiger partial charge in [-0.15, -0.1) is 0 Å². The summed E-state index contributed by atoms with van der Waals surface area (Å²) in [4.78, 5) is 19.2. The number of morpholine rings is 1. The van der Waals surface area contributed by atoms with Crippen LogP contribution in [0.3, 0.4) is 0 Å². The van der Waals surface area contributed by atoms with Gasteiger partial charge in [-0.3, -0.25) is 9.79 Å². The van der Waals surface area contributed by atoms with Gasteiger partial charge in [0.25, 0.3) is 0 Å². The summed E-state index contributed by atoms with van der Waals surface area (Å²) >= 11 is 6.12. The number of nitrogens with zero attached hydrogens (tertiary/aromatic N) is 2. The molecule has 2 aliphatic heterocycles. The van der Waals surface area contributed by atoms with Crippen molar-refractivity contribution in [1.82, 2.24) is 10.2 Å². The number of nitrogens with one attached hydrogen (secondary N) is 2. The fourth-order valence-corrected chi connectivity index (χ4v) is 3.81. The zero-order chi connectivity index (χ0) is 20.6. The number of rotatable bonds is 6.